The Kier molecular flexibility index (Phi) is 6.48. The average molecular weight is 605 g/mol. The molecule has 206 valence electrons. The summed E-state index contributed by atoms with van der Waals surface area (Å²) < 4.78 is 25.0. The van der Waals surface area contributed by atoms with Gasteiger partial charge in [0.25, 0.3) is 0 Å². The number of esters is 2. The number of carbonyl (C=O) groups is 2. The number of fused-ring (bicyclic) bond motifs is 6. The summed E-state index contributed by atoms with van der Waals surface area (Å²) in [6.07, 6.45) is 0. The summed E-state index contributed by atoms with van der Waals surface area (Å²) in [6.45, 7) is 12.8. The predicted octanol–water partition coefficient (Wildman–Crippen LogP) is 7.42. The smallest absolute Gasteiger partial charge is 0.340 e. The number of rotatable bonds is 3. The van der Waals surface area contributed by atoms with E-state index in [1.165, 1.54) is 0 Å². The van der Waals surface area contributed by atoms with E-state index in [4.69, 9.17) is 18.9 Å². The van der Waals surface area contributed by atoms with E-state index < -0.39 is 28.4 Å². The Labute approximate surface area is 241 Å². The SMILES string of the molecule is Cc1c(Br)ccc2c1C1(OC2=O)c2ccc(OC(=O)C(C)(C)C)cc2Oc2cc(OC(=C=O)C(C)(C)C)ccc21. The van der Waals surface area contributed by atoms with Crippen LogP contribution in [0.1, 0.15) is 74.2 Å². The molecule has 0 amide bonds. The molecule has 0 N–H and O–H groups in total. The number of allylic oxidation sites excluding steroid dienone is 1. The molecule has 1 atom stereocenters. The monoisotopic (exact) mass is 604 g/mol. The zero-order valence-corrected chi connectivity index (χ0v) is 24.9. The zero-order valence-electron chi connectivity index (χ0n) is 23.4. The third-order valence-electron chi connectivity index (χ3n) is 6.92. The van der Waals surface area contributed by atoms with Crippen molar-refractivity contribution in [3.05, 3.63) is 86.6 Å². The molecule has 3 aromatic rings. The van der Waals surface area contributed by atoms with Crippen LogP contribution in [0.2, 0.25) is 0 Å². The van der Waals surface area contributed by atoms with Gasteiger partial charge in [-0.1, -0.05) is 36.7 Å². The van der Waals surface area contributed by atoms with Crippen LogP contribution in [0.5, 0.6) is 23.0 Å². The largest absolute Gasteiger partial charge is 0.456 e. The van der Waals surface area contributed by atoms with Gasteiger partial charge in [-0.15, -0.1) is 0 Å². The second kappa shape index (κ2) is 9.36. The lowest BCUT2D eigenvalue weighted by molar-refractivity contribution is -0.143. The van der Waals surface area contributed by atoms with Crippen molar-refractivity contribution in [1.82, 2.24) is 0 Å². The quantitative estimate of drug-likeness (QED) is 0.133. The van der Waals surface area contributed by atoms with Crippen LogP contribution in [0.15, 0.2) is 58.8 Å². The number of ether oxygens (including phenoxy) is 4. The summed E-state index contributed by atoms with van der Waals surface area (Å²) in [4.78, 5) is 37.5. The summed E-state index contributed by atoms with van der Waals surface area (Å²) in [5.74, 6) is 2.52. The molecule has 7 nitrogen and oxygen atoms in total. The van der Waals surface area contributed by atoms with Crippen LogP contribution in [0.4, 0.5) is 0 Å². The number of carbonyl (C=O) groups excluding carboxylic acids is 3. The highest BCUT2D eigenvalue weighted by molar-refractivity contribution is 9.10. The fourth-order valence-corrected chi connectivity index (χ4v) is 5.12. The van der Waals surface area contributed by atoms with Gasteiger partial charge in [0.2, 0.25) is 0 Å². The molecule has 40 heavy (non-hydrogen) atoms. The maximum Gasteiger partial charge on any atom is 0.340 e. The highest BCUT2D eigenvalue weighted by Gasteiger charge is 2.54. The fourth-order valence-electron chi connectivity index (χ4n) is 4.79. The molecule has 3 aromatic carbocycles. The maximum atomic E-state index is 13.3. The first kappa shape index (κ1) is 27.7. The van der Waals surface area contributed by atoms with Crippen LogP contribution >= 0.6 is 15.9 Å². The van der Waals surface area contributed by atoms with Crippen molar-refractivity contribution >= 4 is 33.8 Å². The van der Waals surface area contributed by atoms with Gasteiger partial charge in [0.05, 0.1) is 11.0 Å². The van der Waals surface area contributed by atoms with E-state index in [0.717, 1.165) is 10.0 Å². The summed E-state index contributed by atoms with van der Waals surface area (Å²) >= 11 is 3.61. The highest BCUT2D eigenvalue weighted by Crippen LogP contribution is 2.58. The van der Waals surface area contributed by atoms with Gasteiger partial charge in [0.15, 0.2) is 17.3 Å². The second-order valence-corrected chi connectivity index (χ2v) is 12.9. The summed E-state index contributed by atoms with van der Waals surface area (Å²) in [5, 5.41) is 0. The van der Waals surface area contributed by atoms with Gasteiger partial charge in [-0.2, -0.15) is 0 Å². The number of hydrogen-bond acceptors (Lipinski definition) is 7. The Morgan fingerprint density at radius 3 is 1.98 bits per heavy atom. The van der Waals surface area contributed by atoms with E-state index in [9.17, 15) is 14.4 Å². The van der Waals surface area contributed by atoms with Crippen molar-refractivity contribution in [3.63, 3.8) is 0 Å². The summed E-state index contributed by atoms with van der Waals surface area (Å²) in [5.41, 5.74) is 0.536. The number of hydrogen-bond donors (Lipinski definition) is 0. The molecule has 2 aliphatic rings. The Balaban J connectivity index is 1.72. The lowest BCUT2D eigenvalue weighted by atomic mass is 9.76. The van der Waals surface area contributed by atoms with Crippen LogP contribution in [0.25, 0.3) is 0 Å². The van der Waals surface area contributed by atoms with Gasteiger partial charge >= 0.3 is 11.9 Å². The van der Waals surface area contributed by atoms with Crippen LogP contribution in [0, 0.1) is 17.8 Å². The van der Waals surface area contributed by atoms with Crippen molar-refractivity contribution in [3.8, 4) is 23.0 Å². The minimum absolute atomic E-state index is 0.132. The fraction of sp³-hybridized carbons (Fsp3) is 0.312. The van der Waals surface area contributed by atoms with Gasteiger partial charge in [-0.05, 0) is 69.7 Å². The van der Waals surface area contributed by atoms with Gasteiger partial charge in [0.1, 0.15) is 23.0 Å². The molecule has 0 fully saturated rings. The molecule has 0 saturated heterocycles. The predicted molar refractivity (Wildman–Crippen MR) is 152 cm³/mol. The van der Waals surface area contributed by atoms with Crippen molar-refractivity contribution in [2.24, 2.45) is 10.8 Å². The number of halogens is 1. The minimum Gasteiger partial charge on any atom is -0.456 e. The number of benzene rings is 3. The first-order valence-electron chi connectivity index (χ1n) is 12.8. The standard InChI is InChI=1S/C32H29BrO7/c1-17-23(33)13-10-20-27(17)32(40-28(20)35)21-11-8-18(37-26(16-34)30(2,3)4)14-24(21)39-25-15-19(9-12-22(25)32)38-29(36)31(5,6)7/h8-15H,1-7H3. The van der Waals surface area contributed by atoms with E-state index in [1.54, 1.807) is 63.2 Å². The van der Waals surface area contributed by atoms with Crippen molar-refractivity contribution in [1.29, 1.82) is 0 Å². The Bertz CT molecular complexity index is 1630. The molecule has 1 spiro atoms. The van der Waals surface area contributed by atoms with Crippen molar-refractivity contribution in [2.45, 2.75) is 54.1 Å². The second-order valence-electron chi connectivity index (χ2n) is 12.0. The van der Waals surface area contributed by atoms with E-state index in [0.29, 0.717) is 45.3 Å². The first-order valence-corrected chi connectivity index (χ1v) is 13.6. The lowest BCUT2D eigenvalue weighted by Crippen LogP contribution is -2.33. The first-order chi connectivity index (χ1) is 18.7. The molecule has 2 heterocycles. The van der Waals surface area contributed by atoms with E-state index in [1.807, 2.05) is 39.7 Å². The van der Waals surface area contributed by atoms with Crippen LogP contribution in [-0.4, -0.2) is 17.9 Å². The molecule has 1 unspecified atom stereocenters. The summed E-state index contributed by atoms with van der Waals surface area (Å²) in [6, 6.07) is 13.7. The van der Waals surface area contributed by atoms with Crippen LogP contribution in [-0.2, 0) is 19.9 Å². The maximum absolute atomic E-state index is 13.3. The molecule has 0 aliphatic carbocycles. The zero-order chi connectivity index (χ0) is 29.2. The third-order valence-corrected chi connectivity index (χ3v) is 7.78. The van der Waals surface area contributed by atoms with Gasteiger partial charge in [-0.25, -0.2) is 9.59 Å². The van der Waals surface area contributed by atoms with Crippen LogP contribution in [0.3, 0.4) is 0 Å². The average Bonchev–Trinajstić information content (AvgIpc) is 3.16. The van der Waals surface area contributed by atoms with E-state index in [-0.39, 0.29) is 5.76 Å². The molecule has 0 saturated carbocycles. The Morgan fingerprint density at radius 2 is 1.45 bits per heavy atom. The molecule has 0 aromatic heterocycles. The third kappa shape index (κ3) is 4.41. The Hall–Kier alpha value is -3.87. The topological polar surface area (TPSA) is 88.1 Å². The highest BCUT2D eigenvalue weighted by atomic mass is 79.9. The van der Waals surface area contributed by atoms with Gasteiger partial charge in [-0.3, -0.25) is 4.79 Å². The Morgan fingerprint density at radius 1 is 0.875 bits per heavy atom. The molecular weight excluding hydrogens is 576 g/mol. The lowest BCUT2D eigenvalue weighted by Gasteiger charge is -2.37. The molecular formula is C32H29BrO7. The van der Waals surface area contributed by atoms with Gasteiger partial charge in [0, 0.05) is 38.7 Å². The van der Waals surface area contributed by atoms with Crippen molar-refractivity contribution < 1.29 is 33.3 Å². The van der Waals surface area contributed by atoms with E-state index in [2.05, 4.69) is 15.9 Å². The van der Waals surface area contributed by atoms with Crippen LogP contribution < -0.4 is 14.2 Å². The molecule has 2 aliphatic heterocycles. The molecule has 0 bridgehead atoms. The van der Waals surface area contributed by atoms with E-state index >= 15 is 0 Å². The summed E-state index contributed by atoms with van der Waals surface area (Å²) in [7, 11) is 0. The van der Waals surface area contributed by atoms with Crippen molar-refractivity contribution in [2.75, 3.05) is 0 Å². The normalized spacial score (nSPS) is 17.1. The molecule has 8 heteroatoms. The molecule has 5 rings (SSSR count). The molecule has 0 radical (unpaired) electrons. The minimum atomic E-state index is -1.33. The van der Waals surface area contributed by atoms with Gasteiger partial charge < -0.3 is 18.9 Å².